The Morgan fingerprint density at radius 2 is 2.23 bits per heavy atom. The van der Waals surface area contributed by atoms with Crippen LogP contribution in [0, 0.1) is 0 Å². The number of hydrogen-bond donors (Lipinski definition) is 2. The highest BCUT2D eigenvalue weighted by molar-refractivity contribution is 5.80. The van der Waals surface area contributed by atoms with E-state index >= 15 is 0 Å². The molecule has 2 heteroatoms. The number of rotatable bonds is 2. The van der Waals surface area contributed by atoms with Crippen LogP contribution in [-0.4, -0.2) is 11.5 Å². The smallest absolute Gasteiger partial charge is 0.0454 e. The van der Waals surface area contributed by atoms with E-state index in [2.05, 4.69) is 36.2 Å². The lowest BCUT2D eigenvalue weighted by Gasteiger charge is -2.08. The Morgan fingerprint density at radius 3 is 3.00 bits per heavy atom. The average Bonchev–Trinajstić information content (AvgIpc) is 2.63. The molecule has 13 heavy (non-hydrogen) atoms. The minimum absolute atomic E-state index is 0.444. The molecule has 1 aromatic heterocycles. The van der Waals surface area contributed by atoms with Crippen molar-refractivity contribution >= 4 is 10.9 Å². The Kier molecular flexibility index (Phi) is 2.07. The van der Waals surface area contributed by atoms with Crippen molar-refractivity contribution in [2.45, 2.75) is 12.8 Å². The Bertz CT molecular complexity index is 403. The summed E-state index contributed by atoms with van der Waals surface area (Å²) in [6.07, 6.45) is 1.96. The van der Waals surface area contributed by atoms with Gasteiger partial charge in [-0.15, -0.1) is 0 Å². The van der Waals surface area contributed by atoms with Gasteiger partial charge in [-0.1, -0.05) is 13.0 Å². The highest BCUT2D eigenvalue weighted by Gasteiger charge is 2.03. The average molecular weight is 174 g/mol. The first kappa shape index (κ1) is 8.32. The van der Waals surface area contributed by atoms with Crippen LogP contribution >= 0.6 is 0 Å². The van der Waals surface area contributed by atoms with E-state index in [0.29, 0.717) is 12.5 Å². The SMILES string of the molecule is CC(CN)c1ccc2[nH]ccc2c1. The van der Waals surface area contributed by atoms with Crippen LogP contribution in [0.2, 0.25) is 0 Å². The number of nitrogens with two attached hydrogens (primary N) is 1. The molecule has 0 aliphatic heterocycles. The van der Waals surface area contributed by atoms with Gasteiger partial charge < -0.3 is 10.7 Å². The van der Waals surface area contributed by atoms with Gasteiger partial charge in [-0.2, -0.15) is 0 Å². The summed E-state index contributed by atoms with van der Waals surface area (Å²) in [6.45, 7) is 2.85. The first-order valence-corrected chi connectivity index (χ1v) is 4.58. The van der Waals surface area contributed by atoms with Gasteiger partial charge in [0.15, 0.2) is 0 Å². The van der Waals surface area contributed by atoms with E-state index in [4.69, 9.17) is 5.73 Å². The van der Waals surface area contributed by atoms with E-state index in [1.165, 1.54) is 16.5 Å². The Labute approximate surface area is 77.8 Å². The third-order valence-electron chi connectivity index (χ3n) is 2.50. The van der Waals surface area contributed by atoms with E-state index in [1.54, 1.807) is 0 Å². The Morgan fingerprint density at radius 1 is 1.38 bits per heavy atom. The van der Waals surface area contributed by atoms with E-state index in [1.807, 2.05) is 6.20 Å². The molecule has 0 saturated heterocycles. The summed E-state index contributed by atoms with van der Waals surface area (Å²) < 4.78 is 0. The fourth-order valence-corrected chi connectivity index (χ4v) is 1.51. The van der Waals surface area contributed by atoms with Crippen molar-refractivity contribution in [2.24, 2.45) is 5.73 Å². The number of hydrogen-bond acceptors (Lipinski definition) is 1. The lowest BCUT2D eigenvalue weighted by Crippen LogP contribution is -2.08. The first-order valence-electron chi connectivity index (χ1n) is 4.58. The summed E-state index contributed by atoms with van der Waals surface area (Å²) >= 11 is 0. The van der Waals surface area contributed by atoms with Crippen LogP contribution in [-0.2, 0) is 0 Å². The second kappa shape index (κ2) is 3.23. The van der Waals surface area contributed by atoms with Gasteiger partial charge in [-0.3, -0.25) is 0 Å². The molecule has 1 heterocycles. The van der Waals surface area contributed by atoms with E-state index in [9.17, 15) is 0 Å². The van der Waals surface area contributed by atoms with Crippen LogP contribution in [0.5, 0.6) is 0 Å². The molecule has 1 unspecified atom stereocenters. The molecule has 1 aromatic carbocycles. The molecule has 2 aromatic rings. The lowest BCUT2D eigenvalue weighted by molar-refractivity contribution is 0.775. The largest absolute Gasteiger partial charge is 0.361 e. The van der Waals surface area contributed by atoms with Gasteiger partial charge in [0.2, 0.25) is 0 Å². The number of fused-ring (bicyclic) bond motifs is 1. The second-order valence-electron chi connectivity index (χ2n) is 3.46. The van der Waals surface area contributed by atoms with Gasteiger partial charge >= 0.3 is 0 Å². The van der Waals surface area contributed by atoms with Crippen LogP contribution in [0.1, 0.15) is 18.4 Å². The maximum absolute atomic E-state index is 5.62. The number of benzene rings is 1. The normalized spacial score (nSPS) is 13.4. The minimum atomic E-state index is 0.444. The molecular weight excluding hydrogens is 160 g/mol. The fraction of sp³-hybridized carbons (Fsp3) is 0.273. The molecule has 0 bridgehead atoms. The molecule has 2 nitrogen and oxygen atoms in total. The second-order valence-corrected chi connectivity index (χ2v) is 3.46. The minimum Gasteiger partial charge on any atom is -0.361 e. The van der Waals surface area contributed by atoms with Crippen molar-refractivity contribution in [3.8, 4) is 0 Å². The topological polar surface area (TPSA) is 41.8 Å². The van der Waals surface area contributed by atoms with Crippen LogP contribution in [0.4, 0.5) is 0 Å². The van der Waals surface area contributed by atoms with Gasteiger partial charge in [-0.05, 0) is 41.6 Å². The van der Waals surface area contributed by atoms with Crippen LogP contribution in [0.3, 0.4) is 0 Å². The number of aromatic nitrogens is 1. The fourth-order valence-electron chi connectivity index (χ4n) is 1.51. The van der Waals surface area contributed by atoms with E-state index < -0.39 is 0 Å². The molecule has 1 atom stereocenters. The molecule has 68 valence electrons. The number of H-pyrrole nitrogens is 1. The Balaban J connectivity index is 2.48. The van der Waals surface area contributed by atoms with Crippen molar-refractivity contribution in [3.63, 3.8) is 0 Å². The first-order chi connectivity index (χ1) is 6.31. The van der Waals surface area contributed by atoms with E-state index in [0.717, 1.165) is 0 Å². The van der Waals surface area contributed by atoms with Crippen LogP contribution in [0.25, 0.3) is 10.9 Å². The summed E-state index contributed by atoms with van der Waals surface area (Å²) in [7, 11) is 0. The molecule has 0 amide bonds. The molecular formula is C11H14N2. The van der Waals surface area contributed by atoms with E-state index in [-0.39, 0.29) is 0 Å². The standard InChI is InChI=1S/C11H14N2/c1-8(7-12)9-2-3-11-10(6-9)4-5-13-11/h2-6,8,13H,7,12H2,1H3. The summed E-state index contributed by atoms with van der Waals surface area (Å²) in [5.41, 5.74) is 8.12. The lowest BCUT2D eigenvalue weighted by atomic mass is 10.0. The van der Waals surface area contributed by atoms with Crippen molar-refractivity contribution in [1.82, 2.24) is 4.98 Å². The van der Waals surface area contributed by atoms with Crippen molar-refractivity contribution < 1.29 is 0 Å². The van der Waals surface area contributed by atoms with Gasteiger partial charge in [0, 0.05) is 11.7 Å². The monoisotopic (exact) mass is 174 g/mol. The zero-order valence-electron chi connectivity index (χ0n) is 7.75. The molecule has 0 saturated carbocycles. The molecule has 0 spiro atoms. The highest BCUT2D eigenvalue weighted by atomic mass is 14.7. The maximum atomic E-state index is 5.62. The van der Waals surface area contributed by atoms with Crippen LogP contribution in [0.15, 0.2) is 30.5 Å². The maximum Gasteiger partial charge on any atom is 0.0454 e. The molecule has 3 N–H and O–H groups in total. The summed E-state index contributed by atoms with van der Waals surface area (Å²) in [4.78, 5) is 3.17. The molecule has 0 aliphatic carbocycles. The third-order valence-corrected chi connectivity index (χ3v) is 2.50. The molecule has 0 fully saturated rings. The summed E-state index contributed by atoms with van der Waals surface area (Å²) in [5, 5.41) is 1.26. The zero-order valence-corrected chi connectivity index (χ0v) is 7.75. The summed E-state index contributed by atoms with van der Waals surface area (Å²) in [5.74, 6) is 0.444. The quantitative estimate of drug-likeness (QED) is 0.720. The predicted molar refractivity (Wildman–Crippen MR) is 55.8 cm³/mol. The van der Waals surface area contributed by atoms with Crippen molar-refractivity contribution in [2.75, 3.05) is 6.54 Å². The van der Waals surface area contributed by atoms with Gasteiger partial charge in [0.1, 0.15) is 0 Å². The predicted octanol–water partition coefficient (Wildman–Crippen LogP) is 2.23. The number of nitrogens with one attached hydrogen (secondary N) is 1. The third kappa shape index (κ3) is 1.45. The van der Waals surface area contributed by atoms with Gasteiger partial charge in [0.25, 0.3) is 0 Å². The molecule has 0 aliphatic rings. The zero-order chi connectivity index (χ0) is 9.26. The Hall–Kier alpha value is -1.28. The van der Waals surface area contributed by atoms with Gasteiger partial charge in [-0.25, -0.2) is 0 Å². The molecule has 2 rings (SSSR count). The molecule has 0 radical (unpaired) electrons. The van der Waals surface area contributed by atoms with Crippen molar-refractivity contribution in [1.29, 1.82) is 0 Å². The van der Waals surface area contributed by atoms with Gasteiger partial charge in [0.05, 0.1) is 0 Å². The highest BCUT2D eigenvalue weighted by Crippen LogP contribution is 2.19. The van der Waals surface area contributed by atoms with Crippen LogP contribution < -0.4 is 5.73 Å². The van der Waals surface area contributed by atoms with Crippen molar-refractivity contribution in [3.05, 3.63) is 36.0 Å². The summed E-state index contributed by atoms with van der Waals surface area (Å²) in [6, 6.07) is 8.53. The number of aromatic amines is 1.